The van der Waals surface area contributed by atoms with E-state index in [1.54, 1.807) is 0 Å². The van der Waals surface area contributed by atoms with Gasteiger partial charge in [0.15, 0.2) is 5.16 Å². The fraction of sp³-hybridized carbons (Fsp3) is 0.600. The van der Waals surface area contributed by atoms with Gasteiger partial charge in [-0.15, -0.1) is 10.2 Å². The zero-order valence-corrected chi connectivity index (χ0v) is 16.9. The normalized spacial score (nSPS) is 21.5. The topological polar surface area (TPSA) is 46.4 Å². The van der Waals surface area contributed by atoms with E-state index in [2.05, 4.69) is 55.9 Å². The van der Waals surface area contributed by atoms with Gasteiger partial charge in [0.2, 0.25) is 5.95 Å². The van der Waals surface area contributed by atoms with E-state index in [9.17, 15) is 0 Å². The SMILES string of the molecule is CN1CCCCC1CCSc1nnc(N2CCOCC2)n1-c1ccccc1. The molecule has 146 valence electrons. The molecule has 2 aromatic rings. The summed E-state index contributed by atoms with van der Waals surface area (Å²) in [7, 11) is 2.26. The second kappa shape index (κ2) is 9.08. The molecular formula is C20H29N5OS. The Hall–Kier alpha value is -1.57. The number of rotatable bonds is 6. The third-order valence-corrected chi connectivity index (χ3v) is 6.49. The van der Waals surface area contributed by atoms with E-state index in [0.717, 1.165) is 48.8 Å². The molecule has 2 aliphatic rings. The van der Waals surface area contributed by atoms with Crippen LogP contribution in [0.15, 0.2) is 35.5 Å². The maximum Gasteiger partial charge on any atom is 0.232 e. The Bertz CT molecular complexity index is 716. The summed E-state index contributed by atoms with van der Waals surface area (Å²) >= 11 is 1.83. The van der Waals surface area contributed by atoms with Gasteiger partial charge in [0, 0.05) is 24.9 Å². The third kappa shape index (κ3) is 4.47. The van der Waals surface area contributed by atoms with Crippen molar-refractivity contribution in [3.05, 3.63) is 30.3 Å². The maximum absolute atomic E-state index is 5.51. The quantitative estimate of drug-likeness (QED) is 0.710. The Morgan fingerprint density at radius 2 is 1.89 bits per heavy atom. The van der Waals surface area contributed by atoms with Crippen molar-refractivity contribution in [2.75, 3.05) is 50.5 Å². The highest BCUT2D eigenvalue weighted by Crippen LogP contribution is 2.29. The van der Waals surface area contributed by atoms with Crippen LogP contribution < -0.4 is 4.90 Å². The average molecular weight is 388 g/mol. The number of para-hydroxylation sites is 1. The first-order chi connectivity index (χ1) is 13.3. The van der Waals surface area contributed by atoms with Crippen LogP contribution in [0.3, 0.4) is 0 Å². The number of hydrogen-bond acceptors (Lipinski definition) is 6. The van der Waals surface area contributed by atoms with Gasteiger partial charge in [-0.2, -0.15) is 0 Å². The number of ether oxygens (including phenoxy) is 1. The number of thioether (sulfide) groups is 1. The van der Waals surface area contributed by atoms with E-state index in [4.69, 9.17) is 4.74 Å². The number of anilines is 1. The first kappa shape index (κ1) is 18.8. The molecule has 0 radical (unpaired) electrons. The molecule has 3 heterocycles. The van der Waals surface area contributed by atoms with Gasteiger partial charge in [0.25, 0.3) is 0 Å². The maximum atomic E-state index is 5.51. The number of morpholine rings is 1. The average Bonchev–Trinajstić information content (AvgIpc) is 3.15. The van der Waals surface area contributed by atoms with E-state index in [1.807, 2.05) is 17.8 Å². The van der Waals surface area contributed by atoms with Gasteiger partial charge in [-0.3, -0.25) is 4.57 Å². The molecule has 0 aliphatic carbocycles. The molecule has 4 rings (SSSR count). The van der Waals surface area contributed by atoms with Crippen LogP contribution in [0.4, 0.5) is 5.95 Å². The van der Waals surface area contributed by atoms with Crippen LogP contribution in [0.5, 0.6) is 0 Å². The molecule has 1 atom stereocenters. The number of likely N-dealkylation sites (tertiary alicyclic amines) is 1. The molecular weight excluding hydrogens is 358 g/mol. The second-order valence-electron chi connectivity index (χ2n) is 7.32. The second-order valence-corrected chi connectivity index (χ2v) is 8.38. The summed E-state index contributed by atoms with van der Waals surface area (Å²) in [5.74, 6) is 2.00. The van der Waals surface area contributed by atoms with Crippen molar-refractivity contribution < 1.29 is 4.74 Å². The van der Waals surface area contributed by atoms with Gasteiger partial charge in [0.05, 0.1) is 18.9 Å². The molecule has 6 nitrogen and oxygen atoms in total. The Morgan fingerprint density at radius 1 is 1.07 bits per heavy atom. The highest BCUT2D eigenvalue weighted by Gasteiger charge is 2.23. The van der Waals surface area contributed by atoms with Crippen molar-refractivity contribution in [3.63, 3.8) is 0 Å². The molecule has 0 spiro atoms. The number of hydrogen-bond donors (Lipinski definition) is 0. The van der Waals surface area contributed by atoms with Crippen LogP contribution in [0, 0.1) is 0 Å². The summed E-state index contributed by atoms with van der Waals surface area (Å²) in [6.07, 6.45) is 5.23. The minimum Gasteiger partial charge on any atom is -0.378 e. The third-order valence-electron chi connectivity index (χ3n) is 5.53. The molecule has 0 amide bonds. The van der Waals surface area contributed by atoms with Crippen molar-refractivity contribution in [2.24, 2.45) is 0 Å². The van der Waals surface area contributed by atoms with E-state index >= 15 is 0 Å². The lowest BCUT2D eigenvalue weighted by Gasteiger charge is -2.32. The summed E-state index contributed by atoms with van der Waals surface area (Å²) in [5.41, 5.74) is 1.13. The van der Waals surface area contributed by atoms with Gasteiger partial charge in [-0.05, 0) is 45.0 Å². The number of benzene rings is 1. The minimum absolute atomic E-state index is 0.707. The predicted molar refractivity (Wildman–Crippen MR) is 110 cm³/mol. The standard InChI is InChI=1S/C20H29N5OS/c1-23-11-6-5-7-17(23)10-16-27-20-22-21-19(24-12-14-26-15-13-24)25(20)18-8-3-2-4-9-18/h2-4,8-9,17H,5-7,10-16H2,1H3. The number of aromatic nitrogens is 3. The van der Waals surface area contributed by atoms with Crippen LogP contribution in [0.2, 0.25) is 0 Å². The largest absolute Gasteiger partial charge is 0.378 e. The van der Waals surface area contributed by atoms with Gasteiger partial charge >= 0.3 is 0 Å². The molecule has 1 aromatic heterocycles. The van der Waals surface area contributed by atoms with Crippen LogP contribution in [-0.4, -0.2) is 71.4 Å². The first-order valence-corrected chi connectivity index (χ1v) is 11.0. The zero-order chi connectivity index (χ0) is 18.5. The van der Waals surface area contributed by atoms with Crippen molar-refractivity contribution in [1.82, 2.24) is 19.7 Å². The van der Waals surface area contributed by atoms with Crippen molar-refractivity contribution in [3.8, 4) is 5.69 Å². The summed E-state index contributed by atoms with van der Waals surface area (Å²) in [6.45, 7) is 4.46. The molecule has 27 heavy (non-hydrogen) atoms. The zero-order valence-electron chi connectivity index (χ0n) is 16.1. The summed E-state index contributed by atoms with van der Waals surface area (Å²) in [6, 6.07) is 11.2. The molecule has 1 unspecified atom stereocenters. The van der Waals surface area contributed by atoms with Crippen molar-refractivity contribution >= 4 is 17.7 Å². The lowest BCUT2D eigenvalue weighted by atomic mass is 10.0. The fourth-order valence-corrected chi connectivity index (χ4v) is 4.91. The monoisotopic (exact) mass is 387 g/mol. The van der Waals surface area contributed by atoms with Crippen LogP contribution in [0.1, 0.15) is 25.7 Å². The molecule has 2 aliphatic heterocycles. The van der Waals surface area contributed by atoms with Crippen molar-refractivity contribution in [2.45, 2.75) is 36.9 Å². The Morgan fingerprint density at radius 3 is 2.67 bits per heavy atom. The van der Waals surface area contributed by atoms with Gasteiger partial charge in [-0.1, -0.05) is 36.4 Å². The van der Waals surface area contributed by atoms with Crippen LogP contribution >= 0.6 is 11.8 Å². The highest BCUT2D eigenvalue weighted by molar-refractivity contribution is 7.99. The van der Waals surface area contributed by atoms with Gasteiger partial charge < -0.3 is 14.5 Å². The molecule has 2 fully saturated rings. The van der Waals surface area contributed by atoms with Gasteiger partial charge in [0.1, 0.15) is 0 Å². The molecule has 2 saturated heterocycles. The van der Waals surface area contributed by atoms with E-state index in [0.29, 0.717) is 6.04 Å². The highest BCUT2D eigenvalue weighted by atomic mass is 32.2. The Balaban J connectivity index is 1.50. The van der Waals surface area contributed by atoms with Crippen molar-refractivity contribution in [1.29, 1.82) is 0 Å². The first-order valence-electron chi connectivity index (χ1n) is 9.99. The molecule has 0 saturated carbocycles. The van der Waals surface area contributed by atoms with Gasteiger partial charge in [-0.25, -0.2) is 0 Å². The van der Waals surface area contributed by atoms with Crippen LogP contribution in [0.25, 0.3) is 5.69 Å². The smallest absolute Gasteiger partial charge is 0.232 e. The summed E-state index contributed by atoms with van der Waals surface area (Å²) < 4.78 is 7.72. The fourth-order valence-electron chi connectivity index (χ4n) is 3.92. The van der Waals surface area contributed by atoms with E-state index < -0.39 is 0 Å². The molecule has 0 N–H and O–H groups in total. The van der Waals surface area contributed by atoms with E-state index in [1.165, 1.54) is 32.2 Å². The minimum atomic E-state index is 0.707. The summed E-state index contributed by atoms with van der Waals surface area (Å²) in [5, 5.41) is 10.1. The Labute approximate surface area is 165 Å². The van der Waals surface area contributed by atoms with E-state index in [-0.39, 0.29) is 0 Å². The Kier molecular flexibility index (Phi) is 6.32. The molecule has 0 bridgehead atoms. The molecule has 7 heteroatoms. The number of piperidine rings is 1. The summed E-state index contributed by atoms with van der Waals surface area (Å²) in [4.78, 5) is 4.80. The lowest BCUT2D eigenvalue weighted by molar-refractivity contribution is 0.122. The predicted octanol–water partition coefficient (Wildman–Crippen LogP) is 3.07. The number of nitrogens with zero attached hydrogens (tertiary/aromatic N) is 5. The molecule has 1 aromatic carbocycles. The van der Waals surface area contributed by atoms with Crippen LogP contribution in [-0.2, 0) is 4.74 Å². The lowest BCUT2D eigenvalue weighted by Crippen LogP contribution is -2.38.